The molecule has 3 rings (SSSR count). The molecule has 1 fully saturated rings. The topological polar surface area (TPSA) is 0 Å². The van der Waals surface area contributed by atoms with Crippen LogP contribution in [0.5, 0.6) is 0 Å². The van der Waals surface area contributed by atoms with Crippen LogP contribution < -0.4 is 0 Å². The van der Waals surface area contributed by atoms with Gasteiger partial charge in [-0.15, -0.1) is 0 Å². The minimum Gasteiger partial charge on any atom is -0.251 e. The number of hydrogen-bond donors (Lipinski definition) is 0. The molecule has 0 N–H and O–H groups in total. The van der Waals surface area contributed by atoms with E-state index in [4.69, 9.17) is 0 Å². The highest BCUT2D eigenvalue weighted by atomic mass is 19.2. The molecular formula is C25H29F3. The molecule has 0 spiro atoms. The van der Waals surface area contributed by atoms with E-state index < -0.39 is 11.6 Å². The van der Waals surface area contributed by atoms with Crippen molar-refractivity contribution in [3.63, 3.8) is 0 Å². The minimum absolute atomic E-state index is 0.230. The summed E-state index contributed by atoms with van der Waals surface area (Å²) < 4.78 is 39.5. The summed E-state index contributed by atoms with van der Waals surface area (Å²) in [6.45, 7) is -0.230. The van der Waals surface area contributed by atoms with Gasteiger partial charge in [-0.05, 0) is 80.4 Å². The molecule has 0 unspecified atom stereocenters. The van der Waals surface area contributed by atoms with Gasteiger partial charge in [0.2, 0.25) is 0 Å². The summed E-state index contributed by atoms with van der Waals surface area (Å²) in [6, 6.07) is 12.2. The van der Waals surface area contributed by atoms with E-state index in [1.807, 2.05) is 12.1 Å². The molecule has 0 aromatic heterocycles. The molecule has 0 aliphatic heterocycles. The summed E-state index contributed by atoms with van der Waals surface area (Å²) in [6.07, 6.45) is 12.9. The van der Waals surface area contributed by atoms with Gasteiger partial charge in [0, 0.05) is 5.56 Å². The Kier molecular flexibility index (Phi) is 7.76. The lowest BCUT2D eigenvalue weighted by Gasteiger charge is -2.28. The van der Waals surface area contributed by atoms with Gasteiger partial charge in [0.15, 0.2) is 11.6 Å². The van der Waals surface area contributed by atoms with Crippen LogP contribution in [0.25, 0.3) is 11.1 Å². The van der Waals surface area contributed by atoms with Crippen LogP contribution in [0.2, 0.25) is 0 Å². The van der Waals surface area contributed by atoms with Crippen molar-refractivity contribution in [2.24, 2.45) is 5.92 Å². The second kappa shape index (κ2) is 10.5. The van der Waals surface area contributed by atoms with Crippen LogP contribution in [0.15, 0.2) is 54.6 Å². The zero-order valence-electron chi connectivity index (χ0n) is 16.3. The molecule has 2 aromatic rings. The average molecular weight is 387 g/mol. The molecule has 1 aliphatic rings. The van der Waals surface area contributed by atoms with E-state index in [9.17, 15) is 13.2 Å². The highest BCUT2D eigenvalue weighted by Crippen LogP contribution is 2.38. The van der Waals surface area contributed by atoms with Gasteiger partial charge in [-0.1, -0.05) is 48.6 Å². The molecule has 1 saturated carbocycles. The third-order valence-corrected chi connectivity index (χ3v) is 5.90. The summed E-state index contributed by atoms with van der Waals surface area (Å²) in [5.41, 5.74) is 2.33. The predicted octanol–water partition coefficient (Wildman–Crippen LogP) is 7.99. The molecule has 0 saturated heterocycles. The smallest absolute Gasteiger partial charge is 0.166 e. The average Bonchev–Trinajstić information content (AvgIpc) is 2.73. The SMILES string of the molecule is FCCCC=CCCC1CCC(c2ccc(-c3cccc(F)c3F)cc2)CC1. The molecule has 0 heterocycles. The zero-order chi connectivity index (χ0) is 19.8. The summed E-state index contributed by atoms with van der Waals surface area (Å²) in [4.78, 5) is 0. The Morgan fingerprint density at radius 3 is 2.29 bits per heavy atom. The lowest BCUT2D eigenvalue weighted by Crippen LogP contribution is -2.13. The third kappa shape index (κ3) is 5.50. The molecule has 150 valence electrons. The number of unbranched alkanes of at least 4 members (excludes halogenated alkanes) is 1. The quantitative estimate of drug-likeness (QED) is 0.318. The normalized spacial score (nSPS) is 20.0. The van der Waals surface area contributed by atoms with Gasteiger partial charge in [-0.3, -0.25) is 4.39 Å². The Morgan fingerprint density at radius 1 is 0.857 bits per heavy atom. The van der Waals surface area contributed by atoms with Crippen molar-refractivity contribution in [2.75, 3.05) is 6.67 Å². The summed E-state index contributed by atoms with van der Waals surface area (Å²) in [5.74, 6) is -0.253. The van der Waals surface area contributed by atoms with E-state index in [1.165, 1.54) is 37.7 Å². The van der Waals surface area contributed by atoms with E-state index in [2.05, 4.69) is 24.3 Å². The fourth-order valence-corrected chi connectivity index (χ4v) is 4.21. The van der Waals surface area contributed by atoms with Crippen LogP contribution >= 0.6 is 0 Å². The highest BCUT2D eigenvalue weighted by molar-refractivity contribution is 5.64. The van der Waals surface area contributed by atoms with Crippen molar-refractivity contribution < 1.29 is 13.2 Å². The molecule has 0 atom stereocenters. The first-order chi connectivity index (χ1) is 13.7. The minimum atomic E-state index is -0.808. The molecule has 0 radical (unpaired) electrons. The highest BCUT2D eigenvalue weighted by Gasteiger charge is 2.22. The van der Waals surface area contributed by atoms with Gasteiger partial charge >= 0.3 is 0 Å². The fourth-order valence-electron chi connectivity index (χ4n) is 4.21. The van der Waals surface area contributed by atoms with E-state index in [-0.39, 0.29) is 6.67 Å². The second-order valence-electron chi connectivity index (χ2n) is 7.82. The predicted molar refractivity (Wildman–Crippen MR) is 110 cm³/mol. The van der Waals surface area contributed by atoms with Crippen molar-refractivity contribution in [3.8, 4) is 11.1 Å². The van der Waals surface area contributed by atoms with Crippen LogP contribution in [0.1, 0.15) is 62.8 Å². The van der Waals surface area contributed by atoms with E-state index in [1.54, 1.807) is 12.1 Å². The maximum atomic E-state index is 14.0. The Balaban J connectivity index is 1.50. The van der Waals surface area contributed by atoms with Crippen molar-refractivity contribution in [3.05, 3.63) is 71.8 Å². The standard InChI is InChI=1S/C25H29F3/c26-18-5-3-1-2-4-7-19-10-12-20(13-11-19)21-14-16-22(17-15-21)23-8-6-9-24(27)25(23)28/h1-2,6,8-9,14-17,19-20H,3-5,7,10-13,18H2. The van der Waals surface area contributed by atoms with Crippen LogP contribution in [-0.4, -0.2) is 6.67 Å². The van der Waals surface area contributed by atoms with Crippen molar-refractivity contribution in [1.29, 1.82) is 0 Å². The summed E-state index contributed by atoms with van der Waals surface area (Å²) >= 11 is 0. The molecule has 28 heavy (non-hydrogen) atoms. The van der Waals surface area contributed by atoms with Gasteiger partial charge in [-0.25, -0.2) is 8.78 Å². The van der Waals surface area contributed by atoms with E-state index in [0.717, 1.165) is 24.8 Å². The number of benzene rings is 2. The van der Waals surface area contributed by atoms with Crippen molar-refractivity contribution in [2.45, 2.75) is 57.3 Å². The number of allylic oxidation sites excluding steroid dienone is 2. The lowest BCUT2D eigenvalue weighted by molar-refractivity contribution is 0.312. The Hall–Kier alpha value is -2.03. The number of halogens is 3. The monoisotopic (exact) mass is 386 g/mol. The molecule has 1 aliphatic carbocycles. The van der Waals surface area contributed by atoms with Crippen LogP contribution in [-0.2, 0) is 0 Å². The van der Waals surface area contributed by atoms with Crippen molar-refractivity contribution in [1.82, 2.24) is 0 Å². The van der Waals surface area contributed by atoms with E-state index in [0.29, 0.717) is 23.5 Å². The molecule has 0 amide bonds. The zero-order valence-corrected chi connectivity index (χ0v) is 16.3. The maximum Gasteiger partial charge on any atom is 0.166 e. The van der Waals surface area contributed by atoms with Gasteiger partial charge < -0.3 is 0 Å². The number of rotatable bonds is 8. The Labute approximate surface area is 166 Å². The third-order valence-electron chi connectivity index (χ3n) is 5.90. The van der Waals surface area contributed by atoms with Gasteiger partial charge in [0.05, 0.1) is 6.67 Å². The van der Waals surface area contributed by atoms with Crippen molar-refractivity contribution >= 4 is 0 Å². The summed E-state index contributed by atoms with van der Waals surface area (Å²) in [5, 5.41) is 0. The van der Waals surface area contributed by atoms with Gasteiger partial charge in [0.1, 0.15) is 0 Å². The molecule has 0 bridgehead atoms. The first kappa shape index (κ1) is 20.7. The van der Waals surface area contributed by atoms with Crippen LogP contribution in [0.4, 0.5) is 13.2 Å². The lowest BCUT2D eigenvalue weighted by atomic mass is 9.77. The van der Waals surface area contributed by atoms with Crippen LogP contribution in [0.3, 0.4) is 0 Å². The van der Waals surface area contributed by atoms with Gasteiger partial charge in [0.25, 0.3) is 0 Å². The second-order valence-corrected chi connectivity index (χ2v) is 7.82. The molecule has 3 heteroatoms. The molecule has 2 aromatic carbocycles. The largest absolute Gasteiger partial charge is 0.251 e. The molecule has 0 nitrogen and oxygen atoms in total. The molecular weight excluding hydrogens is 357 g/mol. The van der Waals surface area contributed by atoms with Crippen LogP contribution in [0, 0.1) is 17.6 Å². The fraction of sp³-hybridized carbons (Fsp3) is 0.440. The first-order valence-corrected chi connectivity index (χ1v) is 10.4. The number of alkyl halides is 1. The Bertz CT molecular complexity index is 756. The van der Waals surface area contributed by atoms with E-state index >= 15 is 0 Å². The summed E-state index contributed by atoms with van der Waals surface area (Å²) in [7, 11) is 0. The first-order valence-electron chi connectivity index (χ1n) is 10.4. The number of hydrogen-bond acceptors (Lipinski definition) is 0. The Morgan fingerprint density at radius 2 is 1.57 bits per heavy atom. The maximum absolute atomic E-state index is 14.0. The van der Waals surface area contributed by atoms with Gasteiger partial charge in [-0.2, -0.15) is 0 Å².